The number of phenols is 2. The smallest absolute Gasteiger partial charge is 0.157 e. The number of hydrogen-bond acceptors (Lipinski definition) is 5. The van der Waals surface area contributed by atoms with E-state index in [9.17, 15) is 19.8 Å². The third kappa shape index (κ3) is 3.50. The molecule has 1 heterocycles. The van der Waals surface area contributed by atoms with Crippen molar-refractivity contribution in [3.63, 3.8) is 0 Å². The Hall–Kier alpha value is -3.08. The Kier molecular flexibility index (Phi) is 5.58. The predicted octanol–water partition coefficient (Wildman–Crippen LogP) is 6.41. The molecule has 0 aromatic heterocycles. The average Bonchev–Trinajstić information content (AvgIpc) is 2.86. The average molecular weight is 475 g/mol. The zero-order valence-electron chi connectivity index (χ0n) is 20.7. The van der Waals surface area contributed by atoms with E-state index in [1.165, 1.54) is 5.57 Å². The molecule has 0 amide bonds. The van der Waals surface area contributed by atoms with Crippen LogP contribution in [0.25, 0.3) is 0 Å². The lowest BCUT2D eigenvalue weighted by Gasteiger charge is -2.53. The SMILES string of the molecule is C=C1CC[C@@H]2[C@H](c3ccccc3)c3c(O)c(C=O)c(O)c(C=O)c3O[C@@]2(C)CC[C@H]2[C@H]1CC2(C)C. The first-order valence-corrected chi connectivity index (χ1v) is 12.6. The fourth-order valence-corrected chi connectivity index (χ4v) is 7.25. The van der Waals surface area contributed by atoms with Gasteiger partial charge in [0.25, 0.3) is 0 Å². The molecule has 0 spiro atoms. The van der Waals surface area contributed by atoms with Crippen LogP contribution in [-0.2, 0) is 0 Å². The zero-order valence-corrected chi connectivity index (χ0v) is 20.7. The molecule has 5 nitrogen and oxygen atoms in total. The maximum Gasteiger partial charge on any atom is 0.157 e. The summed E-state index contributed by atoms with van der Waals surface area (Å²) in [6.45, 7) is 11.2. The molecule has 5 atom stereocenters. The van der Waals surface area contributed by atoms with Gasteiger partial charge in [-0.05, 0) is 61.8 Å². The van der Waals surface area contributed by atoms with Crippen LogP contribution in [0.4, 0.5) is 0 Å². The van der Waals surface area contributed by atoms with Gasteiger partial charge in [-0.15, -0.1) is 0 Å². The number of benzene rings is 2. The van der Waals surface area contributed by atoms with E-state index in [1.807, 2.05) is 30.3 Å². The normalized spacial score (nSPS) is 31.2. The molecule has 35 heavy (non-hydrogen) atoms. The molecule has 0 bridgehead atoms. The number of carbonyl (C=O) groups is 2. The number of phenolic OH excluding ortho intramolecular Hbond substituents is 2. The van der Waals surface area contributed by atoms with Gasteiger partial charge in [-0.2, -0.15) is 0 Å². The maximum absolute atomic E-state index is 12.1. The van der Waals surface area contributed by atoms with Crippen molar-refractivity contribution in [2.45, 2.75) is 64.4 Å². The first-order valence-electron chi connectivity index (χ1n) is 12.6. The first kappa shape index (κ1) is 23.7. The number of aromatic hydroxyl groups is 2. The van der Waals surface area contributed by atoms with Gasteiger partial charge in [-0.3, -0.25) is 9.59 Å². The Bertz CT molecular complexity index is 1200. The van der Waals surface area contributed by atoms with Gasteiger partial charge in [0, 0.05) is 17.4 Å². The fraction of sp³-hybridized carbons (Fsp3) is 0.467. The molecular formula is C30H34O5. The molecule has 184 valence electrons. The van der Waals surface area contributed by atoms with Crippen LogP contribution in [0.1, 0.15) is 90.6 Å². The number of rotatable bonds is 3. The number of fused-ring (bicyclic) bond motifs is 3. The van der Waals surface area contributed by atoms with E-state index in [0.29, 0.717) is 30.0 Å². The number of allylic oxidation sites excluding steroid dienone is 1. The highest BCUT2D eigenvalue weighted by molar-refractivity contribution is 5.95. The summed E-state index contributed by atoms with van der Waals surface area (Å²) >= 11 is 0. The van der Waals surface area contributed by atoms with E-state index in [-0.39, 0.29) is 39.9 Å². The van der Waals surface area contributed by atoms with E-state index in [0.717, 1.165) is 37.7 Å². The van der Waals surface area contributed by atoms with E-state index in [2.05, 4.69) is 27.4 Å². The van der Waals surface area contributed by atoms with Crippen LogP contribution in [0, 0.1) is 23.2 Å². The van der Waals surface area contributed by atoms with Gasteiger partial charge < -0.3 is 14.9 Å². The summed E-state index contributed by atoms with van der Waals surface area (Å²) in [6, 6.07) is 9.89. The van der Waals surface area contributed by atoms with Crippen molar-refractivity contribution in [3.8, 4) is 17.2 Å². The van der Waals surface area contributed by atoms with Gasteiger partial charge in [0.2, 0.25) is 0 Å². The lowest BCUT2D eigenvalue weighted by molar-refractivity contribution is -0.0395. The van der Waals surface area contributed by atoms with Gasteiger partial charge in [0.15, 0.2) is 12.6 Å². The summed E-state index contributed by atoms with van der Waals surface area (Å²) in [5.41, 5.74) is 1.95. The van der Waals surface area contributed by atoms with Gasteiger partial charge >= 0.3 is 0 Å². The molecule has 3 aliphatic rings. The number of aldehydes is 2. The molecule has 0 unspecified atom stereocenters. The summed E-state index contributed by atoms with van der Waals surface area (Å²) in [6.07, 6.45) is 5.50. The quantitative estimate of drug-likeness (QED) is 0.396. The topological polar surface area (TPSA) is 83.8 Å². The number of hydrogen-bond donors (Lipinski definition) is 2. The van der Waals surface area contributed by atoms with Crippen molar-refractivity contribution in [2.75, 3.05) is 0 Å². The Balaban J connectivity index is 1.73. The molecule has 0 radical (unpaired) electrons. The van der Waals surface area contributed by atoms with Gasteiger partial charge in [-0.25, -0.2) is 0 Å². The van der Waals surface area contributed by atoms with Crippen LogP contribution in [0.5, 0.6) is 17.2 Å². The van der Waals surface area contributed by atoms with Crippen molar-refractivity contribution in [1.82, 2.24) is 0 Å². The van der Waals surface area contributed by atoms with E-state index in [4.69, 9.17) is 4.74 Å². The highest BCUT2D eigenvalue weighted by Gasteiger charge is 2.54. The zero-order chi connectivity index (χ0) is 25.1. The molecule has 2 saturated carbocycles. The minimum atomic E-state index is -0.631. The number of ether oxygens (including phenoxy) is 1. The molecule has 2 N–H and O–H groups in total. The van der Waals surface area contributed by atoms with Gasteiger partial charge in [0.05, 0.1) is 11.1 Å². The Morgan fingerprint density at radius 1 is 0.971 bits per heavy atom. The number of carbonyl (C=O) groups excluding carboxylic acids is 2. The van der Waals surface area contributed by atoms with Crippen LogP contribution in [0.15, 0.2) is 42.5 Å². The van der Waals surface area contributed by atoms with Crippen molar-refractivity contribution in [2.24, 2.45) is 23.2 Å². The van der Waals surface area contributed by atoms with Crippen molar-refractivity contribution < 1.29 is 24.5 Å². The van der Waals surface area contributed by atoms with Gasteiger partial charge in [0.1, 0.15) is 22.8 Å². The van der Waals surface area contributed by atoms with Crippen LogP contribution in [-0.4, -0.2) is 28.4 Å². The molecule has 5 heteroatoms. The maximum atomic E-state index is 12.1. The third-order valence-electron chi connectivity index (χ3n) is 9.23. The Morgan fingerprint density at radius 3 is 2.29 bits per heavy atom. The van der Waals surface area contributed by atoms with Crippen LogP contribution in [0.2, 0.25) is 0 Å². The lowest BCUT2D eigenvalue weighted by Crippen LogP contribution is -2.49. The standard InChI is InChI=1S/C30H34O5/c1-17-10-11-23-24(18-8-6-5-7-9-18)25-27(34)20(15-31)26(33)21(16-32)28(25)35-30(23,4)13-12-22-19(17)14-29(22,2)3/h5-9,15-16,19,22-24,33-34H,1,10-14H2,2-4H3/t19-,22-,23+,24-,30-/m0/s1. The molecule has 2 aliphatic carbocycles. The molecule has 2 fully saturated rings. The molecule has 2 aromatic rings. The third-order valence-corrected chi connectivity index (χ3v) is 9.23. The second kappa shape index (κ2) is 8.25. The van der Waals surface area contributed by atoms with E-state index in [1.54, 1.807) is 0 Å². The Labute approximate surface area is 206 Å². The highest BCUT2D eigenvalue weighted by atomic mass is 16.5. The second-order valence-electron chi connectivity index (χ2n) is 11.6. The second-order valence-corrected chi connectivity index (χ2v) is 11.6. The van der Waals surface area contributed by atoms with E-state index < -0.39 is 11.4 Å². The molecular weight excluding hydrogens is 440 g/mol. The van der Waals surface area contributed by atoms with Crippen LogP contribution >= 0.6 is 0 Å². The summed E-state index contributed by atoms with van der Waals surface area (Å²) in [7, 11) is 0. The van der Waals surface area contributed by atoms with Crippen molar-refractivity contribution in [3.05, 3.63) is 64.7 Å². The monoisotopic (exact) mass is 474 g/mol. The first-order chi connectivity index (χ1) is 16.6. The molecule has 2 aromatic carbocycles. The van der Waals surface area contributed by atoms with Crippen LogP contribution in [0.3, 0.4) is 0 Å². The fourth-order valence-electron chi connectivity index (χ4n) is 7.25. The molecule has 5 rings (SSSR count). The minimum absolute atomic E-state index is 0.0239. The molecule has 0 saturated heterocycles. The van der Waals surface area contributed by atoms with Crippen molar-refractivity contribution >= 4 is 12.6 Å². The summed E-state index contributed by atoms with van der Waals surface area (Å²) in [4.78, 5) is 24.0. The van der Waals surface area contributed by atoms with E-state index >= 15 is 0 Å². The minimum Gasteiger partial charge on any atom is -0.507 e. The molecule has 1 aliphatic heterocycles. The summed E-state index contributed by atoms with van der Waals surface area (Å²) in [5, 5.41) is 21.9. The summed E-state index contributed by atoms with van der Waals surface area (Å²) < 4.78 is 6.66. The highest BCUT2D eigenvalue weighted by Crippen LogP contribution is 2.62. The summed E-state index contributed by atoms with van der Waals surface area (Å²) in [5.74, 6) is 0.0524. The Morgan fingerprint density at radius 2 is 1.66 bits per heavy atom. The van der Waals surface area contributed by atoms with Crippen LogP contribution < -0.4 is 4.74 Å². The van der Waals surface area contributed by atoms with Gasteiger partial charge in [-0.1, -0.05) is 56.3 Å². The van der Waals surface area contributed by atoms with Crippen molar-refractivity contribution in [1.29, 1.82) is 0 Å². The lowest BCUT2D eigenvalue weighted by atomic mass is 9.52. The largest absolute Gasteiger partial charge is 0.507 e. The predicted molar refractivity (Wildman–Crippen MR) is 134 cm³/mol.